The van der Waals surface area contributed by atoms with Crippen LogP contribution in [-0.2, 0) is 6.42 Å². The monoisotopic (exact) mass is 217 g/mol. The van der Waals surface area contributed by atoms with Gasteiger partial charge >= 0.3 is 0 Å². The zero-order valence-corrected chi connectivity index (χ0v) is 10.0. The molecular weight excluding hydrogens is 198 g/mol. The van der Waals surface area contributed by atoms with Crippen LogP contribution in [0.15, 0.2) is 24.3 Å². The first-order valence-corrected chi connectivity index (χ1v) is 5.60. The Hall–Kier alpha value is -1.46. The third kappa shape index (κ3) is 4.86. The van der Waals surface area contributed by atoms with Crippen LogP contribution < -0.4 is 10.1 Å². The molecule has 0 aliphatic heterocycles. The van der Waals surface area contributed by atoms with Gasteiger partial charge in [0.05, 0.1) is 7.11 Å². The van der Waals surface area contributed by atoms with Gasteiger partial charge in [-0.25, -0.2) is 0 Å². The topological polar surface area (TPSA) is 21.3 Å². The zero-order valence-electron chi connectivity index (χ0n) is 10.0. The minimum absolute atomic E-state index is 0.912. The van der Waals surface area contributed by atoms with Crippen LogP contribution in [0.1, 0.15) is 18.9 Å². The van der Waals surface area contributed by atoms with Gasteiger partial charge in [0.1, 0.15) is 5.75 Å². The number of nitrogens with one attached hydrogen (secondary N) is 1. The van der Waals surface area contributed by atoms with Crippen LogP contribution in [0.3, 0.4) is 0 Å². The van der Waals surface area contributed by atoms with Crippen LogP contribution in [-0.4, -0.2) is 20.2 Å². The van der Waals surface area contributed by atoms with E-state index < -0.39 is 0 Å². The number of hydrogen-bond donors (Lipinski definition) is 1. The second kappa shape index (κ2) is 7.78. The van der Waals surface area contributed by atoms with Gasteiger partial charge in [0.2, 0.25) is 0 Å². The number of ether oxygens (including phenoxy) is 1. The molecule has 0 unspecified atom stereocenters. The van der Waals surface area contributed by atoms with E-state index in [9.17, 15) is 0 Å². The van der Waals surface area contributed by atoms with Gasteiger partial charge in [-0.2, -0.15) is 0 Å². The van der Waals surface area contributed by atoms with E-state index in [2.05, 4.69) is 29.3 Å². The molecule has 1 N–H and O–H groups in total. The predicted octanol–water partition coefficient (Wildman–Crippen LogP) is 2.24. The van der Waals surface area contributed by atoms with Crippen molar-refractivity contribution in [3.05, 3.63) is 29.8 Å². The molecule has 0 aromatic heterocycles. The molecule has 2 heteroatoms. The quantitative estimate of drug-likeness (QED) is 0.583. The summed E-state index contributed by atoms with van der Waals surface area (Å²) in [5.41, 5.74) is 1.33. The SMILES string of the molecule is CC#CCCNCCc1ccc(OC)cc1. The fourth-order valence-electron chi connectivity index (χ4n) is 1.43. The van der Waals surface area contributed by atoms with E-state index in [4.69, 9.17) is 4.74 Å². The fourth-order valence-corrected chi connectivity index (χ4v) is 1.43. The van der Waals surface area contributed by atoms with Crippen molar-refractivity contribution in [3.63, 3.8) is 0 Å². The minimum atomic E-state index is 0.912. The molecule has 86 valence electrons. The summed E-state index contributed by atoms with van der Waals surface area (Å²) in [7, 11) is 1.69. The van der Waals surface area contributed by atoms with Crippen molar-refractivity contribution in [1.82, 2.24) is 5.32 Å². The molecule has 0 radical (unpaired) electrons. The zero-order chi connectivity index (χ0) is 11.6. The summed E-state index contributed by atoms with van der Waals surface area (Å²) in [6.45, 7) is 3.84. The average molecular weight is 217 g/mol. The molecule has 0 fully saturated rings. The normalized spacial score (nSPS) is 9.38. The molecule has 0 saturated heterocycles. The molecule has 0 bridgehead atoms. The largest absolute Gasteiger partial charge is 0.497 e. The van der Waals surface area contributed by atoms with E-state index in [-0.39, 0.29) is 0 Å². The number of rotatable bonds is 6. The molecular formula is C14H19NO. The molecule has 0 aliphatic rings. The Balaban J connectivity index is 2.18. The van der Waals surface area contributed by atoms with Crippen molar-refractivity contribution in [2.75, 3.05) is 20.2 Å². The highest BCUT2D eigenvalue weighted by Crippen LogP contribution is 2.11. The Morgan fingerprint density at radius 1 is 1.19 bits per heavy atom. The average Bonchev–Trinajstić information content (AvgIpc) is 2.34. The summed E-state index contributed by atoms with van der Waals surface area (Å²) >= 11 is 0. The predicted molar refractivity (Wildman–Crippen MR) is 67.6 cm³/mol. The highest BCUT2D eigenvalue weighted by atomic mass is 16.5. The van der Waals surface area contributed by atoms with Crippen LogP contribution in [0.5, 0.6) is 5.75 Å². The molecule has 0 aliphatic carbocycles. The van der Waals surface area contributed by atoms with Crippen molar-refractivity contribution < 1.29 is 4.74 Å². The summed E-state index contributed by atoms with van der Waals surface area (Å²) in [6, 6.07) is 8.20. The maximum Gasteiger partial charge on any atom is 0.118 e. The van der Waals surface area contributed by atoms with Gasteiger partial charge < -0.3 is 10.1 Å². The Labute approximate surface area is 98.0 Å². The third-order valence-electron chi connectivity index (χ3n) is 2.35. The van der Waals surface area contributed by atoms with Gasteiger partial charge in [-0.05, 0) is 37.6 Å². The van der Waals surface area contributed by atoms with Gasteiger partial charge in [0.25, 0.3) is 0 Å². The molecule has 1 rings (SSSR count). The van der Waals surface area contributed by atoms with E-state index in [1.807, 2.05) is 19.1 Å². The van der Waals surface area contributed by atoms with Crippen LogP contribution in [0.4, 0.5) is 0 Å². The Kier molecular flexibility index (Phi) is 6.13. The Bertz CT molecular complexity index is 345. The van der Waals surface area contributed by atoms with Gasteiger partial charge in [-0.1, -0.05) is 12.1 Å². The minimum Gasteiger partial charge on any atom is -0.497 e. The molecule has 0 spiro atoms. The molecule has 16 heavy (non-hydrogen) atoms. The van der Waals surface area contributed by atoms with Crippen molar-refractivity contribution in [1.29, 1.82) is 0 Å². The lowest BCUT2D eigenvalue weighted by molar-refractivity contribution is 0.414. The summed E-state index contributed by atoms with van der Waals surface area (Å²) < 4.78 is 5.11. The van der Waals surface area contributed by atoms with Crippen LogP contribution in [0.25, 0.3) is 0 Å². The number of hydrogen-bond acceptors (Lipinski definition) is 2. The molecule has 0 saturated carbocycles. The number of benzene rings is 1. The van der Waals surface area contributed by atoms with Gasteiger partial charge in [-0.3, -0.25) is 0 Å². The lowest BCUT2D eigenvalue weighted by Gasteiger charge is -2.04. The van der Waals surface area contributed by atoms with E-state index in [1.165, 1.54) is 5.56 Å². The Morgan fingerprint density at radius 3 is 2.56 bits per heavy atom. The van der Waals surface area contributed by atoms with Crippen LogP contribution in [0.2, 0.25) is 0 Å². The van der Waals surface area contributed by atoms with E-state index >= 15 is 0 Å². The summed E-state index contributed by atoms with van der Waals surface area (Å²) in [5, 5.41) is 3.36. The molecule has 0 heterocycles. The molecule has 0 atom stereocenters. The van der Waals surface area contributed by atoms with E-state index in [1.54, 1.807) is 7.11 Å². The molecule has 1 aromatic carbocycles. The highest BCUT2D eigenvalue weighted by molar-refractivity contribution is 5.27. The van der Waals surface area contributed by atoms with Gasteiger partial charge in [0, 0.05) is 13.0 Å². The molecule has 2 nitrogen and oxygen atoms in total. The van der Waals surface area contributed by atoms with Gasteiger partial charge in [0.15, 0.2) is 0 Å². The lowest BCUT2D eigenvalue weighted by Crippen LogP contribution is -2.18. The van der Waals surface area contributed by atoms with Crippen LogP contribution in [0, 0.1) is 11.8 Å². The first-order chi connectivity index (χ1) is 7.86. The summed E-state index contributed by atoms with van der Waals surface area (Å²) in [5.74, 6) is 6.83. The highest BCUT2D eigenvalue weighted by Gasteiger charge is 1.94. The van der Waals surface area contributed by atoms with Crippen molar-refractivity contribution in [2.24, 2.45) is 0 Å². The fraction of sp³-hybridized carbons (Fsp3) is 0.429. The van der Waals surface area contributed by atoms with E-state index in [0.717, 1.165) is 31.7 Å². The summed E-state index contributed by atoms with van der Waals surface area (Å²) in [4.78, 5) is 0. The second-order valence-corrected chi connectivity index (χ2v) is 3.52. The first-order valence-electron chi connectivity index (χ1n) is 5.60. The smallest absolute Gasteiger partial charge is 0.118 e. The van der Waals surface area contributed by atoms with Crippen molar-refractivity contribution in [3.8, 4) is 17.6 Å². The van der Waals surface area contributed by atoms with Crippen molar-refractivity contribution in [2.45, 2.75) is 19.8 Å². The molecule has 1 aromatic rings. The summed E-state index contributed by atoms with van der Waals surface area (Å²) in [6.07, 6.45) is 1.97. The van der Waals surface area contributed by atoms with Crippen LogP contribution >= 0.6 is 0 Å². The standard InChI is InChI=1S/C14H19NO/c1-3-4-5-11-15-12-10-13-6-8-14(16-2)9-7-13/h6-9,15H,5,10-12H2,1-2H3. The third-order valence-corrected chi connectivity index (χ3v) is 2.35. The van der Waals surface area contributed by atoms with E-state index in [0.29, 0.717) is 0 Å². The maximum atomic E-state index is 5.11. The Morgan fingerprint density at radius 2 is 1.94 bits per heavy atom. The maximum absolute atomic E-state index is 5.11. The second-order valence-electron chi connectivity index (χ2n) is 3.52. The van der Waals surface area contributed by atoms with Crippen molar-refractivity contribution >= 4 is 0 Å². The molecule has 0 amide bonds. The lowest BCUT2D eigenvalue weighted by atomic mass is 10.1. The van der Waals surface area contributed by atoms with Gasteiger partial charge in [-0.15, -0.1) is 11.8 Å². The first kappa shape index (κ1) is 12.6. The number of methoxy groups -OCH3 is 1.